The normalized spacial score (nSPS) is 10.7. The van der Waals surface area contributed by atoms with Crippen molar-refractivity contribution >= 4 is 0 Å². The number of nitrogens with two attached hydrogens (primary N) is 1. The largest absolute Gasteiger partial charge is 0.324 e. The van der Waals surface area contributed by atoms with Crippen LogP contribution in [0, 0.1) is 6.92 Å². The van der Waals surface area contributed by atoms with Gasteiger partial charge in [-0.1, -0.05) is 58.0 Å². The second-order valence-corrected chi connectivity index (χ2v) is 3.35. The fourth-order valence-electron chi connectivity index (χ4n) is 1.45. The third kappa shape index (κ3) is 5.80. The summed E-state index contributed by atoms with van der Waals surface area (Å²) >= 11 is 0. The maximum Gasteiger partial charge on any atom is 0.224 e. The van der Waals surface area contributed by atoms with Crippen LogP contribution in [0.5, 0.6) is 0 Å². The highest BCUT2D eigenvalue weighted by Gasteiger charge is 1.98. The van der Waals surface area contributed by atoms with Gasteiger partial charge in [-0.25, -0.2) is 9.98 Å². The maximum absolute atomic E-state index is 7.99. The summed E-state index contributed by atoms with van der Waals surface area (Å²) in [6, 6.07) is 10.1. The molecule has 0 fully saturated rings. The van der Waals surface area contributed by atoms with Gasteiger partial charge >= 0.3 is 0 Å². The van der Waals surface area contributed by atoms with Crippen molar-refractivity contribution in [1.82, 2.24) is 9.97 Å². The Kier molecular flexibility index (Phi) is 8.81. The molecule has 0 atom stereocenters. The molecule has 1 aromatic carbocycles. The van der Waals surface area contributed by atoms with Gasteiger partial charge in [-0.2, -0.15) is 0 Å². The van der Waals surface area contributed by atoms with Crippen molar-refractivity contribution < 1.29 is 1.37 Å². The van der Waals surface area contributed by atoms with Crippen LogP contribution in [0.4, 0.5) is 0 Å². The monoisotopic (exact) mass is 275 g/mol. The number of H-pyrrole nitrogens is 1. The summed E-state index contributed by atoms with van der Waals surface area (Å²) in [7, 11) is 0. The Hall–Kier alpha value is -1.94. The molecule has 0 bridgehead atoms. The minimum atomic E-state index is 0.175. The highest BCUT2D eigenvalue weighted by Crippen LogP contribution is 2.14. The molecule has 0 aliphatic carbocycles. The Morgan fingerprint density at radius 3 is 2.35 bits per heavy atom. The first-order chi connectivity index (χ1) is 10.2. The first kappa shape index (κ1) is 16.1. The second-order valence-electron chi connectivity index (χ2n) is 3.35. The summed E-state index contributed by atoms with van der Waals surface area (Å²) in [5.41, 5.74) is 8.11. The molecule has 0 aliphatic rings. The number of nitrogens with zero attached hydrogens (tertiary/aromatic N) is 2. The van der Waals surface area contributed by atoms with Crippen LogP contribution in [0.25, 0.3) is 11.3 Å². The summed E-state index contributed by atoms with van der Waals surface area (Å²) in [5.74, 6) is 0. The van der Waals surface area contributed by atoms with Gasteiger partial charge in [-0.3, -0.25) is 0 Å². The van der Waals surface area contributed by atoms with Gasteiger partial charge in [0.1, 0.15) is 0 Å². The zero-order chi connectivity index (χ0) is 16.3. The molecule has 20 heavy (non-hydrogen) atoms. The molecule has 0 aliphatic heterocycles. The lowest BCUT2D eigenvalue weighted by atomic mass is 10.1. The summed E-state index contributed by atoms with van der Waals surface area (Å²) < 4.78 is 7.99. The van der Waals surface area contributed by atoms with E-state index in [-0.39, 0.29) is 6.67 Å². The lowest BCUT2D eigenvalue weighted by Crippen LogP contribution is -2.17. The standard InChI is InChI=1S/C12H14N4.2C2H6/c1-9-7-11(10-5-3-2-4-6-10)16-12(15-9)14-8-13;2*1-2/h2-7H,8,13H2,1H3,(H,14,15,16);2*1-2H3/i7D;;. The molecule has 0 spiro atoms. The average molecular weight is 275 g/mol. The van der Waals surface area contributed by atoms with Crippen molar-refractivity contribution in [2.75, 3.05) is 6.67 Å². The number of rotatable bonds is 2. The topological polar surface area (TPSA) is 67.1 Å². The number of aromatic nitrogens is 2. The van der Waals surface area contributed by atoms with E-state index in [4.69, 9.17) is 7.10 Å². The first-order valence-corrected chi connectivity index (χ1v) is 7.06. The Morgan fingerprint density at radius 2 is 1.80 bits per heavy atom. The second kappa shape index (κ2) is 10.9. The Morgan fingerprint density at radius 1 is 1.20 bits per heavy atom. The van der Waals surface area contributed by atoms with Crippen LogP contribution in [-0.2, 0) is 0 Å². The van der Waals surface area contributed by atoms with Gasteiger partial charge in [0.2, 0.25) is 5.62 Å². The van der Waals surface area contributed by atoms with Gasteiger partial charge in [0.15, 0.2) is 0 Å². The van der Waals surface area contributed by atoms with E-state index < -0.39 is 0 Å². The van der Waals surface area contributed by atoms with E-state index in [1.54, 1.807) is 6.92 Å². The van der Waals surface area contributed by atoms with Gasteiger partial charge in [-0.05, 0) is 18.5 Å². The quantitative estimate of drug-likeness (QED) is 0.883. The lowest BCUT2D eigenvalue weighted by Gasteiger charge is -2.02. The summed E-state index contributed by atoms with van der Waals surface area (Å²) in [5, 5.41) is 0. The van der Waals surface area contributed by atoms with Crippen LogP contribution in [-0.4, -0.2) is 16.6 Å². The fourth-order valence-corrected chi connectivity index (χ4v) is 1.45. The molecule has 0 radical (unpaired) electrons. The van der Waals surface area contributed by atoms with Gasteiger partial charge in [0.05, 0.1) is 8.04 Å². The molecule has 110 valence electrons. The van der Waals surface area contributed by atoms with Crippen LogP contribution >= 0.6 is 0 Å². The Balaban J connectivity index is 0.000000921. The molecule has 1 heterocycles. The third-order valence-corrected chi connectivity index (χ3v) is 2.12. The van der Waals surface area contributed by atoms with Crippen LogP contribution in [0.3, 0.4) is 0 Å². The molecule has 4 heteroatoms. The molecule has 0 amide bonds. The molecule has 2 rings (SSSR count). The maximum atomic E-state index is 7.99. The average Bonchev–Trinajstić information content (AvgIpc) is 2.55. The summed E-state index contributed by atoms with van der Waals surface area (Å²) in [4.78, 5) is 11.2. The molecule has 4 nitrogen and oxygen atoms in total. The van der Waals surface area contributed by atoms with E-state index in [9.17, 15) is 0 Å². The minimum Gasteiger partial charge on any atom is -0.324 e. The van der Waals surface area contributed by atoms with Gasteiger partial charge in [0.25, 0.3) is 0 Å². The zero-order valence-electron chi connectivity index (χ0n) is 14.1. The molecule has 1 aromatic heterocycles. The molecule has 0 saturated heterocycles. The highest BCUT2D eigenvalue weighted by atomic mass is 15.0. The minimum absolute atomic E-state index is 0.175. The van der Waals surface area contributed by atoms with Gasteiger partial charge in [-0.15, -0.1) is 0 Å². The molecule has 2 aromatic rings. The van der Waals surface area contributed by atoms with E-state index in [1.807, 2.05) is 58.0 Å². The van der Waals surface area contributed by atoms with Crippen LogP contribution in [0.15, 0.2) is 41.4 Å². The predicted octanol–water partition coefficient (Wildman–Crippen LogP) is 3.25. The highest BCUT2D eigenvalue weighted by molar-refractivity contribution is 5.58. The van der Waals surface area contributed by atoms with E-state index in [1.165, 1.54) is 0 Å². The van der Waals surface area contributed by atoms with Crippen molar-refractivity contribution in [2.24, 2.45) is 10.7 Å². The third-order valence-electron chi connectivity index (χ3n) is 2.12. The van der Waals surface area contributed by atoms with Crippen molar-refractivity contribution in [3.05, 3.63) is 47.7 Å². The number of aryl methyl sites for hydroxylation is 1. The van der Waals surface area contributed by atoms with Crippen molar-refractivity contribution in [3.8, 4) is 11.3 Å². The predicted molar refractivity (Wildman–Crippen MR) is 86.1 cm³/mol. The van der Waals surface area contributed by atoms with Crippen molar-refractivity contribution in [1.29, 1.82) is 0 Å². The number of hydrogen-bond donors (Lipinski definition) is 2. The van der Waals surface area contributed by atoms with E-state index in [2.05, 4.69) is 15.0 Å². The lowest BCUT2D eigenvalue weighted by molar-refractivity contribution is 0.897. The van der Waals surface area contributed by atoms with Crippen molar-refractivity contribution in [3.63, 3.8) is 0 Å². The molecule has 3 N–H and O–H groups in total. The van der Waals surface area contributed by atoms with E-state index in [0.717, 1.165) is 5.56 Å². The zero-order valence-corrected chi connectivity index (χ0v) is 13.1. The molecular formula is C16H26N4. The van der Waals surface area contributed by atoms with Crippen molar-refractivity contribution in [2.45, 2.75) is 34.6 Å². The van der Waals surface area contributed by atoms with E-state index >= 15 is 0 Å². The smallest absolute Gasteiger partial charge is 0.224 e. The summed E-state index contributed by atoms with van der Waals surface area (Å²) in [6.07, 6.45) is 0. The van der Waals surface area contributed by atoms with Crippen LogP contribution < -0.4 is 11.4 Å². The molecule has 0 unspecified atom stereocenters. The van der Waals surface area contributed by atoms with E-state index in [0.29, 0.717) is 23.0 Å². The Bertz CT molecular complexity index is 577. The fraction of sp³-hybridized carbons (Fsp3) is 0.375. The number of aromatic amines is 1. The SMILES string of the molecule is CC.CC.[2H]c1c(C)nc(=NCN)[nH]c1-c1ccccc1. The van der Waals surface area contributed by atoms with Crippen LogP contribution in [0.2, 0.25) is 0 Å². The Labute approximate surface area is 123 Å². The number of hydrogen-bond acceptors (Lipinski definition) is 3. The van der Waals surface area contributed by atoms with Gasteiger partial charge in [0, 0.05) is 11.4 Å². The number of benzene rings is 1. The molecular weight excluding hydrogens is 248 g/mol. The first-order valence-electron chi connectivity index (χ1n) is 7.56. The summed E-state index contributed by atoms with van der Waals surface area (Å²) in [6.45, 7) is 9.96. The molecule has 0 saturated carbocycles. The van der Waals surface area contributed by atoms with Crippen LogP contribution in [0.1, 0.15) is 34.8 Å². The number of nitrogens with one attached hydrogen (secondary N) is 1. The van der Waals surface area contributed by atoms with Gasteiger partial charge < -0.3 is 10.7 Å².